The van der Waals surface area contributed by atoms with E-state index in [0.29, 0.717) is 6.42 Å². The average Bonchev–Trinajstić information content (AvgIpc) is 3.59. The fraction of sp³-hybridized carbons (Fsp3) is 0.907. The minimum absolute atomic E-state index is 0.0971. The molecule has 0 aromatic carbocycles. The van der Waals surface area contributed by atoms with Crippen LogP contribution in [0.15, 0.2) is 0 Å². The molecular weight excluding hydrogens is 692 g/mol. The largest absolute Gasteiger partial charge is 0.481 e. The fourth-order valence-corrected chi connectivity index (χ4v) is 6.68. The first-order valence-electron chi connectivity index (χ1n) is 21.9. The third-order valence-corrected chi connectivity index (χ3v) is 10.1. The Hall–Kier alpha value is -2.24. The highest BCUT2D eigenvalue weighted by atomic mass is 16.8. The van der Waals surface area contributed by atoms with Gasteiger partial charge in [0.2, 0.25) is 0 Å². The standard InChI is InChI=1S/C43H78O11/c1-3-5-7-9-11-13-15-17-19-21-23-25-27-29-40(47)50-33-37(44)34-52-42(49)43(32-31-39(45)46)53-36-38(54-43)35-51-41(48)30-28-26-24-22-20-18-16-14-12-10-8-6-4-2/h37-38,44H,3-36H2,1-2H3,(H,45,46). The summed E-state index contributed by atoms with van der Waals surface area (Å²) in [6.45, 7) is 3.40. The Labute approximate surface area is 327 Å². The van der Waals surface area contributed by atoms with Gasteiger partial charge in [-0.1, -0.05) is 168 Å². The van der Waals surface area contributed by atoms with Gasteiger partial charge in [0.1, 0.15) is 32.0 Å². The second kappa shape index (κ2) is 34.0. The maximum atomic E-state index is 13.0. The predicted octanol–water partition coefficient (Wildman–Crippen LogP) is 9.92. The summed E-state index contributed by atoms with van der Waals surface area (Å²) in [7, 11) is 0. The monoisotopic (exact) mass is 771 g/mol. The van der Waals surface area contributed by atoms with Crippen LogP contribution in [0.5, 0.6) is 0 Å². The molecule has 11 heteroatoms. The Morgan fingerprint density at radius 1 is 0.574 bits per heavy atom. The van der Waals surface area contributed by atoms with E-state index < -0.39 is 48.9 Å². The summed E-state index contributed by atoms with van der Waals surface area (Å²) >= 11 is 0. The highest BCUT2D eigenvalue weighted by Gasteiger charge is 2.50. The molecule has 0 radical (unpaired) electrons. The van der Waals surface area contributed by atoms with E-state index in [0.717, 1.165) is 38.5 Å². The van der Waals surface area contributed by atoms with E-state index in [1.54, 1.807) is 0 Å². The molecule has 1 aliphatic rings. The van der Waals surface area contributed by atoms with Gasteiger partial charge in [0.25, 0.3) is 5.79 Å². The number of carboxylic acids is 1. The third-order valence-electron chi connectivity index (χ3n) is 10.1. The second-order valence-corrected chi connectivity index (χ2v) is 15.3. The molecule has 3 atom stereocenters. The summed E-state index contributed by atoms with van der Waals surface area (Å²) in [5, 5.41) is 19.5. The van der Waals surface area contributed by atoms with Gasteiger partial charge in [0.15, 0.2) is 0 Å². The molecule has 0 amide bonds. The van der Waals surface area contributed by atoms with Gasteiger partial charge in [-0.3, -0.25) is 14.4 Å². The van der Waals surface area contributed by atoms with E-state index in [-0.39, 0.29) is 38.6 Å². The molecule has 1 saturated heterocycles. The number of rotatable bonds is 38. The summed E-state index contributed by atoms with van der Waals surface area (Å²) in [6, 6.07) is 0. The first-order chi connectivity index (χ1) is 26.2. The zero-order valence-electron chi connectivity index (χ0n) is 34.3. The van der Waals surface area contributed by atoms with Crippen LogP contribution in [-0.2, 0) is 42.9 Å². The van der Waals surface area contributed by atoms with Crippen LogP contribution in [0.2, 0.25) is 0 Å². The van der Waals surface area contributed by atoms with Crippen LogP contribution in [0.25, 0.3) is 0 Å². The summed E-state index contributed by atoms with van der Waals surface area (Å²) in [4.78, 5) is 48.8. The Morgan fingerprint density at radius 3 is 1.39 bits per heavy atom. The number of hydrogen-bond donors (Lipinski definition) is 2. The van der Waals surface area contributed by atoms with Crippen molar-refractivity contribution < 1.29 is 53.1 Å². The summed E-state index contributed by atoms with van der Waals surface area (Å²) < 4.78 is 27.1. The number of aliphatic carboxylic acids is 1. The minimum Gasteiger partial charge on any atom is -0.481 e. The van der Waals surface area contributed by atoms with Gasteiger partial charge in [-0.15, -0.1) is 0 Å². The number of hydrogen-bond acceptors (Lipinski definition) is 10. The van der Waals surface area contributed by atoms with Crippen LogP contribution in [0.1, 0.15) is 206 Å². The van der Waals surface area contributed by atoms with Crippen molar-refractivity contribution >= 4 is 23.9 Å². The maximum absolute atomic E-state index is 13.0. The van der Waals surface area contributed by atoms with E-state index in [9.17, 15) is 29.4 Å². The zero-order valence-corrected chi connectivity index (χ0v) is 34.3. The number of carboxylic acid groups (broad SMARTS) is 1. The van der Waals surface area contributed by atoms with Gasteiger partial charge in [0, 0.05) is 19.3 Å². The van der Waals surface area contributed by atoms with Gasteiger partial charge in [-0.2, -0.15) is 0 Å². The predicted molar refractivity (Wildman–Crippen MR) is 210 cm³/mol. The second-order valence-electron chi connectivity index (χ2n) is 15.3. The van der Waals surface area contributed by atoms with Gasteiger partial charge in [-0.25, -0.2) is 4.79 Å². The molecule has 1 rings (SSSR count). The molecule has 0 bridgehead atoms. The SMILES string of the molecule is CCCCCCCCCCCCCCCC(=O)OCC(O)COC(=O)C1(CCC(=O)O)OCC(COC(=O)CCCCCCCCCCCCCCC)O1. The molecule has 0 aromatic heterocycles. The first kappa shape index (κ1) is 49.8. The summed E-state index contributed by atoms with van der Waals surface area (Å²) in [5.74, 6) is -4.94. The van der Waals surface area contributed by atoms with Crippen LogP contribution < -0.4 is 0 Å². The normalized spacial score (nSPS) is 17.4. The lowest BCUT2D eigenvalue weighted by atomic mass is 10.0. The third kappa shape index (κ3) is 27.4. The number of esters is 3. The van der Waals surface area contributed by atoms with Crippen LogP contribution in [0, 0.1) is 0 Å². The average molecular weight is 771 g/mol. The molecule has 1 fully saturated rings. The van der Waals surface area contributed by atoms with Gasteiger partial charge >= 0.3 is 23.9 Å². The molecule has 1 aliphatic heterocycles. The van der Waals surface area contributed by atoms with Crippen LogP contribution in [0.3, 0.4) is 0 Å². The molecule has 3 unspecified atom stereocenters. The lowest BCUT2D eigenvalue weighted by Crippen LogP contribution is -2.44. The van der Waals surface area contributed by atoms with Crippen LogP contribution in [0.4, 0.5) is 0 Å². The molecule has 11 nitrogen and oxygen atoms in total. The summed E-state index contributed by atoms with van der Waals surface area (Å²) in [6.07, 6.45) is 29.3. The van der Waals surface area contributed by atoms with Gasteiger partial charge in [-0.05, 0) is 12.8 Å². The molecule has 0 aromatic rings. The van der Waals surface area contributed by atoms with Gasteiger partial charge in [0.05, 0.1) is 13.0 Å². The van der Waals surface area contributed by atoms with E-state index in [1.807, 2.05) is 0 Å². The zero-order chi connectivity index (χ0) is 39.5. The van der Waals surface area contributed by atoms with Crippen LogP contribution in [-0.4, -0.2) is 78.5 Å². The van der Waals surface area contributed by atoms with E-state index in [2.05, 4.69) is 13.8 Å². The van der Waals surface area contributed by atoms with Crippen molar-refractivity contribution in [2.45, 2.75) is 224 Å². The highest BCUT2D eigenvalue weighted by Crippen LogP contribution is 2.31. The maximum Gasteiger partial charge on any atom is 0.366 e. The molecule has 316 valence electrons. The molecule has 1 heterocycles. The highest BCUT2D eigenvalue weighted by molar-refractivity contribution is 5.79. The Bertz CT molecular complexity index is 958. The first-order valence-corrected chi connectivity index (χ1v) is 21.9. The van der Waals surface area contributed by atoms with Crippen molar-refractivity contribution in [3.8, 4) is 0 Å². The summed E-state index contributed by atoms with van der Waals surface area (Å²) in [5.41, 5.74) is 0. The number of ether oxygens (including phenoxy) is 5. The molecule has 54 heavy (non-hydrogen) atoms. The fourth-order valence-electron chi connectivity index (χ4n) is 6.68. The topological polar surface area (TPSA) is 155 Å². The number of aliphatic hydroxyl groups is 1. The van der Waals surface area contributed by atoms with Crippen molar-refractivity contribution in [1.82, 2.24) is 0 Å². The number of aliphatic hydroxyl groups excluding tert-OH is 1. The van der Waals surface area contributed by atoms with E-state index >= 15 is 0 Å². The Kier molecular flexibility index (Phi) is 31.4. The van der Waals surface area contributed by atoms with Crippen molar-refractivity contribution in [2.24, 2.45) is 0 Å². The quantitative estimate of drug-likeness (QED) is 0.0350. The minimum atomic E-state index is -2.00. The van der Waals surface area contributed by atoms with Crippen LogP contribution >= 0.6 is 0 Å². The molecule has 0 aliphatic carbocycles. The molecule has 2 N–H and O–H groups in total. The van der Waals surface area contributed by atoms with Crippen molar-refractivity contribution in [1.29, 1.82) is 0 Å². The lowest BCUT2D eigenvalue weighted by Gasteiger charge is -2.25. The van der Waals surface area contributed by atoms with Gasteiger partial charge < -0.3 is 33.9 Å². The van der Waals surface area contributed by atoms with Crippen molar-refractivity contribution in [3.05, 3.63) is 0 Å². The van der Waals surface area contributed by atoms with E-state index in [4.69, 9.17) is 23.7 Å². The molecule has 0 spiro atoms. The molecule has 0 saturated carbocycles. The lowest BCUT2D eigenvalue weighted by molar-refractivity contribution is -0.218. The molecular formula is C43H78O11. The smallest absolute Gasteiger partial charge is 0.366 e. The van der Waals surface area contributed by atoms with Crippen molar-refractivity contribution in [3.63, 3.8) is 0 Å². The number of carbonyl (C=O) groups is 4. The Balaban J connectivity index is 2.20. The van der Waals surface area contributed by atoms with Crippen molar-refractivity contribution in [2.75, 3.05) is 26.4 Å². The number of unbranched alkanes of at least 4 members (excludes halogenated alkanes) is 24. The Morgan fingerprint density at radius 2 is 0.963 bits per heavy atom. The number of carbonyl (C=O) groups excluding carboxylic acids is 3. The van der Waals surface area contributed by atoms with E-state index in [1.165, 1.54) is 128 Å².